The van der Waals surface area contributed by atoms with Crippen molar-refractivity contribution >= 4 is 18.1 Å². The normalized spacial score (nSPS) is 11.4. The number of hydrogen-bond acceptors (Lipinski definition) is 4. The molecule has 0 fully saturated rings. The highest BCUT2D eigenvalue weighted by atomic mass is 16.5. The zero-order chi connectivity index (χ0) is 12.7. The molecule has 0 unspecified atom stereocenters. The molecule has 0 saturated carbocycles. The lowest BCUT2D eigenvalue weighted by Gasteiger charge is -2.27. The van der Waals surface area contributed by atoms with Gasteiger partial charge in [-0.05, 0) is 19.1 Å². The molecule has 1 atom stereocenters. The highest BCUT2D eigenvalue weighted by Crippen LogP contribution is 2.13. The molecule has 5 heteroatoms. The van der Waals surface area contributed by atoms with E-state index in [4.69, 9.17) is 4.74 Å². The van der Waals surface area contributed by atoms with E-state index in [9.17, 15) is 9.59 Å². The number of hydrogen-bond donors (Lipinski definition) is 1. The molecule has 92 valence electrons. The summed E-state index contributed by atoms with van der Waals surface area (Å²) in [6, 6.07) is 9.28. The van der Waals surface area contributed by atoms with Gasteiger partial charge < -0.3 is 15.0 Å². The highest BCUT2D eigenvalue weighted by molar-refractivity contribution is 5.81. The molecule has 1 rings (SSSR count). The summed E-state index contributed by atoms with van der Waals surface area (Å²) >= 11 is 0. The van der Waals surface area contributed by atoms with Gasteiger partial charge in [-0.15, -0.1) is 0 Å². The molecule has 0 spiro atoms. The van der Waals surface area contributed by atoms with Crippen LogP contribution in [0.15, 0.2) is 30.3 Å². The van der Waals surface area contributed by atoms with Gasteiger partial charge in [0.15, 0.2) is 0 Å². The molecule has 0 bridgehead atoms. The number of likely N-dealkylation sites (N-methyl/N-ethyl adjacent to an activating group) is 1. The largest absolute Gasteiger partial charge is 0.463 e. The number of para-hydroxylation sites is 1. The van der Waals surface area contributed by atoms with Crippen LogP contribution < -0.4 is 10.2 Å². The second-order valence-corrected chi connectivity index (χ2v) is 3.39. The predicted octanol–water partition coefficient (Wildman–Crippen LogP) is 0.758. The van der Waals surface area contributed by atoms with Crippen molar-refractivity contribution in [2.24, 2.45) is 0 Å². The minimum atomic E-state index is -0.810. The third-order valence-corrected chi connectivity index (χ3v) is 2.29. The second-order valence-electron chi connectivity index (χ2n) is 3.39. The number of rotatable bonds is 6. The summed E-state index contributed by atoms with van der Waals surface area (Å²) in [5.41, 5.74) is 0.819. The first-order valence-corrected chi connectivity index (χ1v) is 5.35. The summed E-state index contributed by atoms with van der Waals surface area (Å²) in [7, 11) is 1.72. The molecule has 0 aliphatic rings. The Balaban J connectivity index is 2.83. The van der Waals surface area contributed by atoms with E-state index in [0.717, 1.165) is 5.69 Å². The molecule has 0 radical (unpaired) electrons. The summed E-state index contributed by atoms with van der Waals surface area (Å²) in [6.45, 7) is 2.00. The minimum Gasteiger partial charge on any atom is -0.463 e. The van der Waals surface area contributed by atoms with Crippen molar-refractivity contribution in [3.05, 3.63) is 30.3 Å². The fraction of sp³-hybridized carbons (Fsp3) is 0.333. The van der Waals surface area contributed by atoms with Gasteiger partial charge in [0, 0.05) is 12.7 Å². The first-order chi connectivity index (χ1) is 8.20. The molecule has 1 amide bonds. The molecule has 1 aromatic rings. The van der Waals surface area contributed by atoms with Gasteiger partial charge in [-0.25, -0.2) is 4.79 Å². The van der Waals surface area contributed by atoms with Crippen LogP contribution in [0.3, 0.4) is 0 Å². The van der Waals surface area contributed by atoms with Crippen LogP contribution in [0.2, 0.25) is 0 Å². The van der Waals surface area contributed by atoms with Gasteiger partial charge in [-0.2, -0.15) is 0 Å². The molecule has 1 N–H and O–H groups in total. The summed E-state index contributed by atoms with van der Waals surface area (Å²) in [5, 5.41) is 2.44. The van der Waals surface area contributed by atoms with Crippen LogP contribution in [0.4, 0.5) is 5.69 Å². The third kappa shape index (κ3) is 3.48. The summed E-state index contributed by atoms with van der Waals surface area (Å²) in [4.78, 5) is 23.8. The van der Waals surface area contributed by atoms with Crippen LogP contribution in [-0.4, -0.2) is 32.2 Å². The maximum absolute atomic E-state index is 11.7. The quantitative estimate of drug-likeness (QED) is 0.450. The number of carbonyl (C=O) groups excluding carboxylic acids is 2. The van der Waals surface area contributed by atoms with Crippen molar-refractivity contribution in [1.29, 1.82) is 0 Å². The third-order valence-electron chi connectivity index (χ3n) is 2.29. The summed E-state index contributed by atoms with van der Waals surface area (Å²) in [6.07, 6.45) is -0.323. The molecular weight excluding hydrogens is 220 g/mol. The van der Waals surface area contributed by atoms with Crippen molar-refractivity contribution in [1.82, 2.24) is 5.32 Å². The topological polar surface area (TPSA) is 58.6 Å². The van der Waals surface area contributed by atoms with Crippen LogP contribution >= 0.6 is 0 Å². The van der Waals surface area contributed by atoms with Gasteiger partial charge in [0.05, 0.1) is 6.61 Å². The number of carbonyl (C=O) groups is 2. The molecule has 0 aromatic heterocycles. The van der Waals surface area contributed by atoms with Crippen LogP contribution in [0.25, 0.3) is 0 Å². The second kappa shape index (κ2) is 6.52. The van der Waals surface area contributed by atoms with Crippen molar-refractivity contribution in [2.45, 2.75) is 13.1 Å². The number of anilines is 1. The Morgan fingerprint density at radius 3 is 2.65 bits per heavy atom. The van der Waals surface area contributed by atoms with Crippen molar-refractivity contribution in [2.75, 3.05) is 18.6 Å². The van der Waals surface area contributed by atoms with Crippen LogP contribution in [0, 0.1) is 0 Å². The fourth-order valence-corrected chi connectivity index (χ4v) is 1.44. The Bertz CT molecular complexity index is 367. The molecule has 1 aromatic carbocycles. The van der Waals surface area contributed by atoms with Crippen molar-refractivity contribution in [3.8, 4) is 0 Å². The first kappa shape index (κ1) is 13.0. The molecule has 0 heterocycles. The van der Waals surface area contributed by atoms with Gasteiger partial charge in [0.2, 0.25) is 12.6 Å². The van der Waals surface area contributed by atoms with Crippen LogP contribution in [-0.2, 0) is 14.3 Å². The van der Waals surface area contributed by atoms with E-state index in [1.807, 2.05) is 30.3 Å². The van der Waals surface area contributed by atoms with Crippen molar-refractivity contribution in [3.63, 3.8) is 0 Å². The van der Waals surface area contributed by atoms with Gasteiger partial charge in [0.25, 0.3) is 0 Å². The number of ether oxygens (including phenoxy) is 1. The van der Waals surface area contributed by atoms with Crippen molar-refractivity contribution < 1.29 is 14.3 Å². The van der Waals surface area contributed by atoms with E-state index in [2.05, 4.69) is 5.32 Å². The smallest absolute Gasteiger partial charge is 0.349 e. The first-order valence-electron chi connectivity index (χ1n) is 5.35. The van der Waals surface area contributed by atoms with E-state index >= 15 is 0 Å². The Labute approximate surface area is 100 Å². The number of benzene rings is 1. The standard InChI is InChI=1S/C12H16N2O3/c1-3-17-12(16)11(13-9-15)14(2)10-7-5-4-6-8-10/h4-9,11H,3H2,1-2H3,(H,13,15)/t11-/m0/s1. The molecule has 0 aliphatic carbocycles. The lowest BCUT2D eigenvalue weighted by molar-refractivity contribution is -0.146. The zero-order valence-electron chi connectivity index (χ0n) is 9.92. The monoisotopic (exact) mass is 236 g/mol. The molecule has 0 aliphatic heterocycles. The van der Waals surface area contributed by atoms with E-state index in [1.54, 1.807) is 18.9 Å². The number of amides is 1. The Hall–Kier alpha value is -2.04. The Morgan fingerprint density at radius 2 is 2.12 bits per heavy atom. The lowest BCUT2D eigenvalue weighted by Crippen LogP contribution is -2.49. The Kier molecular flexibility index (Phi) is 5.00. The van der Waals surface area contributed by atoms with E-state index < -0.39 is 12.1 Å². The zero-order valence-corrected chi connectivity index (χ0v) is 9.92. The van der Waals surface area contributed by atoms with Gasteiger partial charge >= 0.3 is 5.97 Å². The predicted molar refractivity (Wildman–Crippen MR) is 64.5 cm³/mol. The average Bonchev–Trinajstić information content (AvgIpc) is 2.36. The summed E-state index contributed by atoms with van der Waals surface area (Å²) < 4.78 is 4.90. The molecular formula is C12H16N2O3. The van der Waals surface area contributed by atoms with Gasteiger partial charge in [-0.3, -0.25) is 4.79 Å². The van der Waals surface area contributed by atoms with Gasteiger partial charge in [-0.1, -0.05) is 18.2 Å². The van der Waals surface area contributed by atoms with E-state index in [-0.39, 0.29) is 6.61 Å². The van der Waals surface area contributed by atoms with E-state index in [1.165, 1.54) is 0 Å². The van der Waals surface area contributed by atoms with E-state index in [0.29, 0.717) is 6.41 Å². The average molecular weight is 236 g/mol. The van der Waals surface area contributed by atoms with Crippen LogP contribution in [0.5, 0.6) is 0 Å². The maximum atomic E-state index is 11.7. The minimum absolute atomic E-state index is 0.276. The highest BCUT2D eigenvalue weighted by Gasteiger charge is 2.23. The van der Waals surface area contributed by atoms with Gasteiger partial charge in [0.1, 0.15) is 0 Å². The summed E-state index contributed by atoms with van der Waals surface area (Å²) in [5.74, 6) is -0.481. The number of esters is 1. The number of nitrogens with one attached hydrogen (secondary N) is 1. The molecule has 5 nitrogen and oxygen atoms in total. The van der Waals surface area contributed by atoms with Crippen LogP contribution in [0.1, 0.15) is 6.92 Å². The number of nitrogens with zero attached hydrogens (tertiary/aromatic N) is 1. The molecule has 17 heavy (non-hydrogen) atoms. The SMILES string of the molecule is CCOC(=O)[C@@H](NC=O)N(C)c1ccccc1. The maximum Gasteiger partial charge on any atom is 0.349 e. The Morgan fingerprint density at radius 1 is 1.47 bits per heavy atom. The lowest BCUT2D eigenvalue weighted by atomic mass is 10.3. The molecule has 0 saturated heterocycles. The fourth-order valence-electron chi connectivity index (χ4n) is 1.44.